The fraction of sp³-hybridized carbons (Fsp3) is 0.706. The van der Waals surface area contributed by atoms with Gasteiger partial charge in [0.15, 0.2) is 0 Å². The number of hydrogen-bond donors (Lipinski definition) is 1. The fourth-order valence-electron chi connectivity index (χ4n) is 2.95. The molecule has 2 aliphatic rings. The minimum absolute atomic E-state index is 0.375. The van der Waals surface area contributed by atoms with Gasteiger partial charge >= 0.3 is 0 Å². The molecule has 0 spiro atoms. The van der Waals surface area contributed by atoms with Crippen LogP contribution in [0.1, 0.15) is 43.9 Å². The first-order chi connectivity index (χ1) is 10.2. The van der Waals surface area contributed by atoms with Gasteiger partial charge < -0.3 is 15.0 Å². The van der Waals surface area contributed by atoms with Crippen molar-refractivity contribution in [3.63, 3.8) is 0 Å². The van der Waals surface area contributed by atoms with Crippen LogP contribution in [0, 0.1) is 6.92 Å². The van der Waals surface area contributed by atoms with E-state index in [9.17, 15) is 0 Å². The lowest BCUT2D eigenvalue weighted by Crippen LogP contribution is -2.33. The van der Waals surface area contributed by atoms with Crippen LogP contribution in [0.15, 0.2) is 12.1 Å². The Balaban J connectivity index is 1.68. The number of pyridine rings is 1. The van der Waals surface area contributed by atoms with Gasteiger partial charge in [0.05, 0.1) is 6.10 Å². The van der Waals surface area contributed by atoms with Gasteiger partial charge in [-0.2, -0.15) is 0 Å². The molecule has 0 aromatic carbocycles. The summed E-state index contributed by atoms with van der Waals surface area (Å²) >= 11 is 0. The van der Waals surface area contributed by atoms with Gasteiger partial charge in [-0.1, -0.05) is 0 Å². The second-order valence-corrected chi connectivity index (χ2v) is 6.30. The van der Waals surface area contributed by atoms with Crippen molar-refractivity contribution in [3.8, 4) is 0 Å². The normalized spacial score (nSPS) is 21.7. The molecule has 1 unspecified atom stereocenters. The zero-order valence-electron chi connectivity index (χ0n) is 13.3. The van der Waals surface area contributed by atoms with Crippen molar-refractivity contribution < 1.29 is 4.74 Å². The van der Waals surface area contributed by atoms with Crippen molar-refractivity contribution >= 4 is 5.82 Å². The minimum atomic E-state index is 0.375. The Hall–Kier alpha value is -1.13. The Kier molecular flexibility index (Phi) is 4.76. The third-order valence-corrected chi connectivity index (χ3v) is 4.33. The molecular weight excluding hydrogens is 262 g/mol. The van der Waals surface area contributed by atoms with Crippen molar-refractivity contribution in [1.82, 2.24) is 10.3 Å². The van der Waals surface area contributed by atoms with E-state index in [4.69, 9.17) is 9.72 Å². The molecule has 3 rings (SSSR count). The summed E-state index contributed by atoms with van der Waals surface area (Å²) in [7, 11) is 0. The largest absolute Gasteiger partial charge is 0.376 e. The summed E-state index contributed by atoms with van der Waals surface area (Å²) in [6, 6.07) is 5.18. The van der Waals surface area contributed by atoms with Crippen LogP contribution in [0.25, 0.3) is 0 Å². The van der Waals surface area contributed by atoms with Gasteiger partial charge in [0.1, 0.15) is 5.82 Å². The summed E-state index contributed by atoms with van der Waals surface area (Å²) in [5.41, 5.74) is 2.45. The fourth-order valence-corrected chi connectivity index (χ4v) is 2.95. The number of ether oxygens (including phenoxy) is 1. The molecule has 4 nitrogen and oxygen atoms in total. The highest BCUT2D eigenvalue weighted by Crippen LogP contribution is 2.22. The van der Waals surface area contributed by atoms with Gasteiger partial charge in [-0.25, -0.2) is 4.98 Å². The predicted molar refractivity (Wildman–Crippen MR) is 85.7 cm³/mol. The molecule has 2 heterocycles. The molecule has 1 saturated heterocycles. The van der Waals surface area contributed by atoms with E-state index in [0.717, 1.165) is 43.8 Å². The SMILES string of the molecule is CCN(CC1CCCO1)c1cc(CNC2CC2)cc(C)n1. The molecule has 1 aliphatic carbocycles. The van der Waals surface area contributed by atoms with E-state index in [1.807, 2.05) is 0 Å². The number of hydrogen-bond acceptors (Lipinski definition) is 4. The maximum Gasteiger partial charge on any atom is 0.129 e. The van der Waals surface area contributed by atoms with Crippen molar-refractivity contribution in [2.75, 3.05) is 24.6 Å². The smallest absolute Gasteiger partial charge is 0.129 e. The Morgan fingerprint density at radius 2 is 2.19 bits per heavy atom. The lowest BCUT2D eigenvalue weighted by molar-refractivity contribution is 0.115. The molecule has 0 radical (unpaired) electrons. The van der Waals surface area contributed by atoms with Gasteiger partial charge in [0.2, 0.25) is 0 Å². The zero-order valence-corrected chi connectivity index (χ0v) is 13.3. The Bertz CT molecular complexity index is 467. The number of likely N-dealkylation sites (N-methyl/N-ethyl adjacent to an activating group) is 1. The first kappa shape index (κ1) is 14.8. The molecule has 116 valence electrons. The van der Waals surface area contributed by atoms with Crippen LogP contribution >= 0.6 is 0 Å². The second-order valence-electron chi connectivity index (χ2n) is 6.30. The number of aromatic nitrogens is 1. The molecular formula is C17H27N3O. The summed E-state index contributed by atoms with van der Waals surface area (Å²) in [5, 5.41) is 3.59. The summed E-state index contributed by atoms with van der Waals surface area (Å²) in [4.78, 5) is 7.08. The highest BCUT2D eigenvalue weighted by Gasteiger charge is 2.21. The molecule has 1 N–H and O–H groups in total. The van der Waals surface area contributed by atoms with E-state index >= 15 is 0 Å². The molecule has 1 atom stereocenters. The monoisotopic (exact) mass is 289 g/mol. The quantitative estimate of drug-likeness (QED) is 0.837. The van der Waals surface area contributed by atoms with Gasteiger partial charge in [0, 0.05) is 38.0 Å². The minimum Gasteiger partial charge on any atom is -0.376 e. The van der Waals surface area contributed by atoms with Crippen LogP contribution < -0.4 is 10.2 Å². The maximum absolute atomic E-state index is 5.77. The molecule has 1 aromatic heterocycles. The highest BCUT2D eigenvalue weighted by molar-refractivity contribution is 5.42. The van der Waals surface area contributed by atoms with Crippen LogP contribution in [0.4, 0.5) is 5.82 Å². The van der Waals surface area contributed by atoms with E-state index in [2.05, 4.69) is 36.2 Å². The van der Waals surface area contributed by atoms with E-state index in [-0.39, 0.29) is 0 Å². The summed E-state index contributed by atoms with van der Waals surface area (Å²) in [6.07, 6.45) is 5.41. The van der Waals surface area contributed by atoms with Gasteiger partial charge in [-0.3, -0.25) is 0 Å². The standard InChI is InChI=1S/C17H27N3O/c1-3-20(12-16-5-4-8-21-16)17-10-14(9-13(2)19-17)11-18-15-6-7-15/h9-10,15-16,18H,3-8,11-12H2,1-2H3. The average molecular weight is 289 g/mol. The Morgan fingerprint density at radius 1 is 1.33 bits per heavy atom. The number of rotatable bonds is 7. The van der Waals surface area contributed by atoms with Crippen molar-refractivity contribution in [2.45, 2.75) is 58.2 Å². The van der Waals surface area contributed by atoms with Gasteiger partial charge in [-0.15, -0.1) is 0 Å². The molecule has 1 saturated carbocycles. The van der Waals surface area contributed by atoms with Crippen LogP contribution in [0.2, 0.25) is 0 Å². The lowest BCUT2D eigenvalue weighted by Gasteiger charge is -2.25. The first-order valence-corrected chi connectivity index (χ1v) is 8.32. The Morgan fingerprint density at radius 3 is 2.86 bits per heavy atom. The van der Waals surface area contributed by atoms with Gasteiger partial charge in [-0.05, 0) is 57.2 Å². The molecule has 0 amide bonds. The van der Waals surface area contributed by atoms with E-state index in [1.165, 1.54) is 31.2 Å². The number of anilines is 1. The first-order valence-electron chi connectivity index (χ1n) is 8.32. The lowest BCUT2D eigenvalue weighted by atomic mass is 10.2. The van der Waals surface area contributed by atoms with Crippen molar-refractivity contribution in [3.05, 3.63) is 23.4 Å². The molecule has 1 aliphatic heterocycles. The summed E-state index contributed by atoms with van der Waals surface area (Å²) in [6.45, 7) is 8.10. The van der Waals surface area contributed by atoms with E-state index in [0.29, 0.717) is 6.10 Å². The highest BCUT2D eigenvalue weighted by atomic mass is 16.5. The van der Waals surface area contributed by atoms with E-state index < -0.39 is 0 Å². The second kappa shape index (κ2) is 6.75. The van der Waals surface area contributed by atoms with Crippen molar-refractivity contribution in [1.29, 1.82) is 0 Å². The van der Waals surface area contributed by atoms with Crippen LogP contribution in [-0.2, 0) is 11.3 Å². The molecule has 21 heavy (non-hydrogen) atoms. The van der Waals surface area contributed by atoms with Gasteiger partial charge in [0.25, 0.3) is 0 Å². The van der Waals surface area contributed by atoms with Crippen LogP contribution in [0.5, 0.6) is 0 Å². The number of nitrogens with zero attached hydrogens (tertiary/aromatic N) is 2. The summed E-state index contributed by atoms with van der Waals surface area (Å²) < 4.78 is 5.77. The van der Waals surface area contributed by atoms with Crippen molar-refractivity contribution in [2.24, 2.45) is 0 Å². The third kappa shape index (κ3) is 4.17. The maximum atomic E-state index is 5.77. The number of nitrogens with one attached hydrogen (secondary N) is 1. The van der Waals surface area contributed by atoms with Crippen LogP contribution in [0.3, 0.4) is 0 Å². The average Bonchev–Trinajstić information content (AvgIpc) is 3.17. The molecule has 2 fully saturated rings. The summed E-state index contributed by atoms with van der Waals surface area (Å²) in [5.74, 6) is 1.10. The predicted octanol–water partition coefficient (Wildman–Crippen LogP) is 2.65. The van der Waals surface area contributed by atoms with Crippen LogP contribution in [-0.4, -0.2) is 36.8 Å². The Labute approximate surface area is 127 Å². The third-order valence-electron chi connectivity index (χ3n) is 4.33. The van der Waals surface area contributed by atoms with E-state index in [1.54, 1.807) is 0 Å². The number of aryl methyl sites for hydroxylation is 1. The topological polar surface area (TPSA) is 37.4 Å². The zero-order chi connectivity index (χ0) is 14.7. The molecule has 4 heteroatoms. The molecule has 0 bridgehead atoms. The molecule has 1 aromatic rings.